The molecule has 3 N–H and O–H groups in total. The topological polar surface area (TPSA) is 47.3 Å². The van der Waals surface area contributed by atoms with Gasteiger partial charge in [0.2, 0.25) is 0 Å². The predicted molar refractivity (Wildman–Crippen MR) is 63.9 cm³/mol. The second-order valence-corrected chi connectivity index (χ2v) is 5.71. The number of rotatable bonds is 8. The Morgan fingerprint density at radius 2 is 2.07 bits per heavy atom. The van der Waals surface area contributed by atoms with Crippen LogP contribution in [-0.2, 0) is 4.74 Å². The molecular weight excluding hydrogens is 188 g/mol. The maximum atomic E-state index is 5.74. The third kappa shape index (κ3) is 4.49. The van der Waals surface area contributed by atoms with Crippen LogP contribution in [0.25, 0.3) is 0 Å². The first-order chi connectivity index (χ1) is 7.04. The molecule has 0 aliphatic heterocycles. The fourth-order valence-corrected chi connectivity index (χ4v) is 1.76. The van der Waals surface area contributed by atoms with Gasteiger partial charge in [-0.1, -0.05) is 13.8 Å². The van der Waals surface area contributed by atoms with Crippen molar-refractivity contribution >= 4 is 0 Å². The van der Waals surface area contributed by atoms with E-state index in [1.165, 1.54) is 12.8 Å². The molecule has 1 aliphatic rings. The van der Waals surface area contributed by atoms with Gasteiger partial charge in [0.1, 0.15) is 0 Å². The molecule has 0 radical (unpaired) electrons. The number of nitrogens with two attached hydrogens (primary N) is 1. The summed E-state index contributed by atoms with van der Waals surface area (Å²) in [5.74, 6) is 0. The van der Waals surface area contributed by atoms with Gasteiger partial charge >= 0.3 is 0 Å². The van der Waals surface area contributed by atoms with Gasteiger partial charge in [-0.3, -0.25) is 0 Å². The van der Waals surface area contributed by atoms with Crippen LogP contribution < -0.4 is 11.1 Å². The molecule has 3 nitrogen and oxygen atoms in total. The van der Waals surface area contributed by atoms with Gasteiger partial charge in [0.15, 0.2) is 0 Å². The van der Waals surface area contributed by atoms with Gasteiger partial charge in [-0.05, 0) is 36.6 Å². The van der Waals surface area contributed by atoms with E-state index >= 15 is 0 Å². The van der Waals surface area contributed by atoms with E-state index in [0.717, 1.165) is 32.7 Å². The standard InChI is InChI=1S/C12H26N2O/c1-11(2,6-7-15-3)9-14-10-12(8-13)4-5-12/h14H,4-10,13H2,1-3H3. The van der Waals surface area contributed by atoms with Crippen molar-refractivity contribution in [2.24, 2.45) is 16.6 Å². The Hall–Kier alpha value is -0.120. The van der Waals surface area contributed by atoms with E-state index < -0.39 is 0 Å². The van der Waals surface area contributed by atoms with E-state index in [1.807, 2.05) is 0 Å². The zero-order valence-electron chi connectivity index (χ0n) is 10.4. The summed E-state index contributed by atoms with van der Waals surface area (Å²) in [5, 5.41) is 3.55. The quantitative estimate of drug-likeness (QED) is 0.641. The van der Waals surface area contributed by atoms with Gasteiger partial charge in [0.05, 0.1) is 0 Å². The molecule has 15 heavy (non-hydrogen) atoms. The van der Waals surface area contributed by atoms with Gasteiger partial charge in [-0.25, -0.2) is 0 Å². The summed E-state index contributed by atoms with van der Waals surface area (Å²) in [6.07, 6.45) is 3.70. The lowest BCUT2D eigenvalue weighted by molar-refractivity contribution is 0.150. The fraction of sp³-hybridized carbons (Fsp3) is 1.00. The normalized spacial score (nSPS) is 19.2. The van der Waals surface area contributed by atoms with Crippen LogP contribution in [0.2, 0.25) is 0 Å². The molecule has 90 valence electrons. The first-order valence-corrected chi connectivity index (χ1v) is 5.93. The molecule has 1 saturated carbocycles. The molecule has 0 aromatic heterocycles. The summed E-state index contributed by atoms with van der Waals surface area (Å²) in [4.78, 5) is 0. The van der Waals surface area contributed by atoms with Gasteiger partial charge in [-0.2, -0.15) is 0 Å². The molecule has 0 atom stereocenters. The van der Waals surface area contributed by atoms with E-state index in [4.69, 9.17) is 10.5 Å². The van der Waals surface area contributed by atoms with E-state index in [9.17, 15) is 0 Å². The van der Waals surface area contributed by atoms with E-state index in [-0.39, 0.29) is 0 Å². The number of methoxy groups -OCH3 is 1. The van der Waals surface area contributed by atoms with Crippen LogP contribution in [0.4, 0.5) is 0 Å². The molecule has 0 aromatic rings. The zero-order valence-corrected chi connectivity index (χ0v) is 10.4. The largest absolute Gasteiger partial charge is 0.385 e. The Morgan fingerprint density at radius 3 is 2.53 bits per heavy atom. The average molecular weight is 214 g/mol. The molecule has 0 amide bonds. The van der Waals surface area contributed by atoms with Crippen molar-refractivity contribution in [2.45, 2.75) is 33.1 Å². The molecule has 0 bridgehead atoms. The summed E-state index contributed by atoms with van der Waals surface area (Å²) >= 11 is 0. The Labute approximate surface area is 93.8 Å². The van der Waals surface area contributed by atoms with E-state index in [1.54, 1.807) is 7.11 Å². The molecule has 1 aliphatic carbocycles. The van der Waals surface area contributed by atoms with Crippen LogP contribution in [0.15, 0.2) is 0 Å². The molecule has 0 spiro atoms. The van der Waals surface area contributed by atoms with Crippen LogP contribution >= 0.6 is 0 Å². The third-order valence-electron chi connectivity index (χ3n) is 3.48. The molecule has 0 heterocycles. The van der Waals surface area contributed by atoms with Crippen LogP contribution in [0.5, 0.6) is 0 Å². The van der Waals surface area contributed by atoms with Crippen molar-refractivity contribution in [1.82, 2.24) is 5.32 Å². The van der Waals surface area contributed by atoms with Crippen LogP contribution in [-0.4, -0.2) is 33.4 Å². The summed E-state index contributed by atoms with van der Waals surface area (Å²) in [5.41, 5.74) is 6.50. The SMILES string of the molecule is COCCC(C)(C)CNCC1(CN)CC1. The Balaban J connectivity index is 2.12. The minimum Gasteiger partial charge on any atom is -0.385 e. The summed E-state index contributed by atoms with van der Waals surface area (Å²) < 4.78 is 5.11. The lowest BCUT2D eigenvalue weighted by Crippen LogP contribution is -2.36. The third-order valence-corrected chi connectivity index (χ3v) is 3.48. The maximum Gasteiger partial charge on any atom is 0.0467 e. The van der Waals surface area contributed by atoms with E-state index in [0.29, 0.717) is 10.8 Å². The first-order valence-electron chi connectivity index (χ1n) is 5.93. The molecule has 0 aromatic carbocycles. The van der Waals surface area contributed by atoms with Gasteiger partial charge in [0.25, 0.3) is 0 Å². The number of hydrogen-bond donors (Lipinski definition) is 2. The van der Waals surface area contributed by atoms with Gasteiger partial charge in [-0.15, -0.1) is 0 Å². The molecule has 1 rings (SSSR count). The molecule has 3 heteroatoms. The zero-order chi connectivity index (χ0) is 11.4. The summed E-state index contributed by atoms with van der Waals surface area (Å²) in [6.45, 7) is 8.37. The summed E-state index contributed by atoms with van der Waals surface area (Å²) in [6, 6.07) is 0. The minimum absolute atomic E-state index is 0.320. The number of hydrogen-bond acceptors (Lipinski definition) is 3. The van der Waals surface area contributed by atoms with Gasteiger partial charge in [0, 0.05) is 26.8 Å². The number of ether oxygens (including phenoxy) is 1. The predicted octanol–water partition coefficient (Wildman–Crippen LogP) is 1.38. The smallest absolute Gasteiger partial charge is 0.0467 e. The van der Waals surface area contributed by atoms with Gasteiger partial charge < -0.3 is 15.8 Å². The Kier molecular flexibility index (Phi) is 4.56. The Bertz CT molecular complexity index is 188. The Morgan fingerprint density at radius 1 is 1.40 bits per heavy atom. The van der Waals surface area contributed by atoms with Crippen LogP contribution in [0.3, 0.4) is 0 Å². The highest BCUT2D eigenvalue weighted by Crippen LogP contribution is 2.43. The minimum atomic E-state index is 0.320. The second kappa shape index (κ2) is 5.28. The molecular formula is C12H26N2O. The molecule has 0 unspecified atom stereocenters. The number of nitrogens with one attached hydrogen (secondary N) is 1. The van der Waals surface area contributed by atoms with Crippen molar-refractivity contribution in [3.8, 4) is 0 Å². The van der Waals surface area contributed by atoms with Crippen molar-refractivity contribution < 1.29 is 4.74 Å². The highest BCUT2D eigenvalue weighted by Gasteiger charge is 2.40. The van der Waals surface area contributed by atoms with Crippen molar-refractivity contribution in [2.75, 3.05) is 33.4 Å². The lowest BCUT2D eigenvalue weighted by Gasteiger charge is -2.26. The van der Waals surface area contributed by atoms with Crippen molar-refractivity contribution in [1.29, 1.82) is 0 Å². The van der Waals surface area contributed by atoms with E-state index in [2.05, 4.69) is 19.2 Å². The lowest BCUT2D eigenvalue weighted by atomic mass is 9.89. The first kappa shape index (κ1) is 12.9. The average Bonchev–Trinajstić information content (AvgIpc) is 2.96. The summed E-state index contributed by atoms with van der Waals surface area (Å²) in [7, 11) is 1.76. The maximum absolute atomic E-state index is 5.74. The van der Waals surface area contributed by atoms with Crippen LogP contribution in [0.1, 0.15) is 33.1 Å². The fourth-order valence-electron chi connectivity index (χ4n) is 1.76. The van der Waals surface area contributed by atoms with Crippen molar-refractivity contribution in [3.63, 3.8) is 0 Å². The highest BCUT2D eigenvalue weighted by atomic mass is 16.5. The molecule has 1 fully saturated rings. The van der Waals surface area contributed by atoms with Crippen LogP contribution in [0, 0.1) is 10.8 Å². The second-order valence-electron chi connectivity index (χ2n) is 5.71. The monoisotopic (exact) mass is 214 g/mol. The molecule has 0 saturated heterocycles. The highest BCUT2D eigenvalue weighted by molar-refractivity contribution is 4.95. The van der Waals surface area contributed by atoms with Crippen molar-refractivity contribution in [3.05, 3.63) is 0 Å².